The number of fused-ring (bicyclic) bond motifs is 1. The lowest BCUT2D eigenvalue weighted by atomic mass is 9.91. The van der Waals surface area contributed by atoms with Gasteiger partial charge in [-0.25, -0.2) is 23.2 Å². The van der Waals surface area contributed by atoms with E-state index in [1.165, 1.54) is 49.7 Å². The number of halogens is 4. The first-order chi connectivity index (χ1) is 22.5. The van der Waals surface area contributed by atoms with E-state index in [4.69, 9.17) is 21.1 Å². The number of rotatable bonds is 8. The van der Waals surface area contributed by atoms with E-state index in [1.807, 2.05) is 0 Å². The zero-order valence-electron chi connectivity index (χ0n) is 26.5. The molecule has 0 atom stereocenters. The van der Waals surface area contributed by atoms with Gasteiger partial charge in [-0.15, -0.1) is 0 Å². The van der Waals surface area contributed by atoms with Crippen molar-refractivity contribution in [3.63, 3.8) is 0 Å². The first-order valence-corrected chi connectivity index (χ1v) is 16.9. The molecule has 1 amide bonds. The molecule has 0 radical (unpaired) electrons. The molecule has 1 fully saturated rings. The molecule has 2 aromatic carbocycles. The molecule has 1 aliphatic rings. The van der Waals surface area contributed by atoms with Crippen molar-refractivity contribution in [2.75, 3.05) is 17.1 Å². The highest BCUT2D eigenvalue weighted by Gasteiger charge is 2.35. The van der Waals surface area contributed by atoms with Gasteiger partial charge in [-0.1, -0.05) is 23.7 Å². The van der Waals surface area contributed by atoms with Crippen LogP contribution < -0.4 is 20.1 Å². The number of carbonyl (C=O) groups excluding carboxylic acids is 1. The van der Waals surface area contributed by atoms with Crippen molar-refractivity contribution in [3.05, 3.63) is 65.3 Å². The Kier molecular flexibility index (Phi) is 9.92. The third kappa shape index (κ3) is 8.37. The summed E-state index contributed by atoms with van der Waals surface area (Å²) in [5.41, 5.74) is -1.60. The van der Waals surface area contributed by atoms with Crippen molar-refractivity contribution >= 4 is 50.4 Å². The molecule has 3 N–H and O–H groups in total. The summed E-state index contributed by atoms with van der Waals surface area (Å²) in [5.74, 6) is -0.183. The standard InChI is InChI=1S/C32H34ClF3N6O5S/c1-31(2,3)47-30(43)39-21-11-9-20(10-12-21)38-29-37-17-19-15-18(16-23(27(19)41-29)32(34,35)36)22-13-14-26(40-28(22)46-4)42-48(44,45)25-8-6-5-7-24(25)33/h5-8,13-17,20-21H,9-12H2,1-4H3,(H,39,43)(H,40,42)(H,37,38,41)/t20-,21-. The summed E-state index contributed by atoms with van der Waals surface area (Å²) in [6.07, 6.45) is -1.36. The molecule has 0 aliphatic heterocycles. The van der Waals surface area contributed by atoms with E-state index in [0.29, 0.717) is 25.7 Å². The zero-order chi connectivity index (χ0) is 34.9. The Morgan fingerprint density at radius 1 is 0.979 bits per heavy atom. The van der Waals surface area contributed by atoms with Crippen LogP contribution in [0.1, 0.15) is 52.0 Å². The van der Waals surface area contributed by atoms with E-state index in [0.717, 1.165) is 6.07 Å². The van der Waals surface area contributed by atoms with E-state index in [1.54, 1.807) is 26.8 Å². The second-order valence-electron chi connectivity index (χ2n) is 12.3. The maximum atomic E-state index is 14.4. The van der Waals surface area contributed by atoms with Crippen LogP contribution in [-0.4, -0.2) is 54.3 Å². The summed E-state index contributed by atoms with van der Waals surface area (Å²) in [5, 5.41) is 6.13. The molecule has 256 valence electrons. The lowest BCUT2D eigenvalue weighted by molar-refractivity contribution is -0.136. The second kappa shape index (κ2) is 13.6. The topological polar surface area (TPSA) is 144 Å². The normalized spacial score (nSPS) is 17.1. The van der Waals surface area contributed by atoms with Gasteiger partial charge in [-0.3, -0.25) is 4.72 Å². The highest BCUT2D eigenvalue weighted by atomic mass is 35.5. The Morgan fingerprint density at radius 3 is 2.31 bits per heavy atom. The summed E-state index contributed by atoms with van der Waals surface area (Å²) >= 11 is 6.05. The summed E-state index contributed by atoms with van der Waals surface area (Å²) in [6, 6.07) is 10.8. The van der Waals surface area contributed by atoms with Gasteiger partial charge in [0.05, 0.1) is 23.2 Å². The molecular weight excluding hydrogens is 673 g/mol. The van der Waals surface area contributed by atoms with Crippen LogP contribution in [0.3, 0.4) is 0 Å². The fraction of sp³-hybridized carbons (Fsp3) is 0.375. The fourth-order valence-electron chi connectivity index (χ4n) is 5.35. The third-order valence-electron chi connectivity index (χ3n) is 7.50. The van der Waals surface area contributed by atoms with Crippen LogP contribution in [0.4, 0.5) is 29.7 Å². The van der Waals surface area contributed by atoms with E-state index >= 15 is 0 Å². The zero-order valence-corrected chi connectivity index (χ0v) is 28.1. The number of ether oxygens (including phenoxy) is 2. The average molecular weight is 707 g/mol. The van der Waals surface area contributed by atoms with Crippen molar-refractivity contribution < 1.29 is 35.9 Å². The van der Waals surface area contributed by atoms with Crippen LogP contribution in [0, 0.1) is 0 Å². The number of nitrogens with one attached hydrogen (secondary N) is 3. The predicted molar refractivity (Wildman–Crippen MR) is 176 cm³/mol. The smallest absolute Gasteiger partial charge is 0.418 e. The quantitative estimate of drug-likeness (QED) is 0.170. The maximum Gasteiger partial charge on any atom is 0.418 e. The molecule has 0 bridgehead atoms. The minimum absolute atomic E-state index is 0.00461. The Hall–Kier alpha value is -4.37. The molecule has 1 saturated carbocycles. The van der Waals surface area contributed by atoms with Crippen LogP contribution in [0.25, 0.3) is 22.0 Å². The number of alkyl carbamates (subject to hydrolysis) is 1. The monoisotopic (exact) mass is 706 g/mol. The van der Waals surface area contributed by atoms with Crippen molar-refractivity contribution in [1.29, 1.82) is 0 Å². The van der Waals surface area contributed by atoms with Crippen LogP contribution in [0.5, 0.6) is 5.88 Å². The maximum absolute atomic E-state index is 14.4. The van der Waals surface area contributed by atoms with Gasteiger partial charge < -0.3 is 20.1 Å². The number of methoxy groups -OCH3 is 1. The number of aromatic nitrogens is 3. The number of hydrogen-bond donors (Lipinski definition) is 3. The molecule has 0 unspecified atom stereocenters. The van der Waals surface area contributed by atoms with Gasteiger partial charge in [0.1, 0.15) is 16.3 Å². The highest BCUT2D eigenvalue weighted by Crippen LogP contribution is 2.40. The number of alkyl halides is 3. The number of pyridine rings is 1. The summed E-state index contributed by atoms with van der Waals surface area (Å²) < 4.78 is 82.0. The minimum atomic E-state index is -4.77. The Balaban J connectivity index is 1.36. The van der Waals surface area contributed by atoms with E-state index < -0.39 is 33.5 Å². The number of hydrogen-bond acceptors (Lipinski definition) is 9. The van der Waals surface area contributed by atoms with Crippen molar-refractivity contribution in [1.82, 2.24) is 20.3 Å². The number of anilines is 2. The Labute approximate surface area is 280 Å². The van der Waals surface area contributed by atoms with Gasteiger partial charge in [0.2, 0.25) is 11.8 Å². The summed E-state index contributed by atoms with van der Waals surface area (Å²) in [6.45, 7) is 5.35. The lowest BCUT2D eigenvalue weighted by Crippen LogP contribution is -2.42. The number of sulfonamides is 1. The van der Waals surface area contributed by atoms with Crippen LogP contribution in [-0.2, 0) is 20.9 Å². The molecule has 5 rings (SSSR count). The molecule has 11 nitrogen and oxygen atoms in total. The summed E-state index contributed by atoms with van der Waals surface area (Å²) in [7, 11) is -2.85. The third-order valence-corrected chi connectivity index (χ3v) is 9.35. The van der Waals surface area contributed by atoms with E-state index in [2.05, 4.69) is 30.3 Å². The Bertz CT molecular complexity index is 1930. The largest absolute Gasteiger partial charge is 0.480 e. The number of benzene rings is 2. The van der Waals surface area contributed by atoms with Gasteiger partial charge >= 0.3 is 12.3 Å². The molecule has 0 saturated heterocycles. The first kappa shape index (κ1) is 35.0. The average Bonchev–Trinajstić information content (AvgIpc) is 3.00. The number of nitrogens with zero attached hydrogens (tertiary/aromatic N) is 3. The van der Waals surface area contributed by atoms with E-state index in [-0.39, 0.29) is 61.7 Å². The van der Waals surface area contributed by atoms with Gasteiger partial charge in [0.25, 0.3) is 10.0 Å². The lowest BCUT2D eigenvalue weighted by Gasteiger charge is -2.30. The molecule has 1 aliphatic carbocycles. The van der Waals surface area contributed by atoms with Gasteiger partial charge in [0.15, 0.2) is 0 Å². The number of carbonyl (C=O) groups is 1. The SMILES string of the molecule is COc1nc(NS(=O)(=O)c2ccccc2Cl)ccc1-c1cc(C(F)(F)F)c2nc(N[C@H]3CC[C@H](NC(=O)OC(C)(C)C)CC3)ncc2c1. The molecular formula is C32H34ClF3N6O5S. The highest BCUT2D eigenvalue weighted by molar-refractivity contribution is 7.92. The molecule has 0 spiro atoms. The van der Waals surface area contributed by atoms with Crippen molar-refractivity contribution in [3.8, 4) is 17.0 Å². The Morgan fingerprint density at radius 2 is 1.67 bits per heavy atom. The number of amides is 1. The van der Waals surface area contributed by atoms with Crippen molar-refractivity contribution in [2.24, 2.45) is 0 Å². The van der Waals surface area contributed by atoms with Crippen LogP contribution in [0.15, 0.2) is 59.6 Å². The van der Waals surface area contributed by atoms with E-state index in [9.17, 15) is 26.4 Å². The second-order valence-corrected chi connectivity index (χ2v) is 14.3. The molecule has 48 heavy (non-hydrogen) atoms. The summed E-state index contributed by atoms with van der Waals surface area (Å²) in [4.78, 5) is 24.7. The predicted octanol–water partition coefficient (Wildman–Crippen LogP) is 7.42. The van der Waals surface area contributed by atoms with Gasteiger partial charge in [-0.05, 0) is 88.4 Å². The first-order valence-electron chi connectivity index (χ1n) is 15.0. The van der Waals surface area contributed by atoms with Crippen molar-refractivity contribution in [2.45, 2.75) is 75.2 Å². The molecule has 2 heterocycles. The van der Waals surface area contributed by atoms with Crippen LogP contribution >= 0.6 is 11.6 Å². The minimum Gasteiger partial charge on any atom is -0.480 e. The fourth-order valence-corrected chi connectivity index (χ4v) is 6.88. The molecule has 4 aromatic rings. The van der Waals surface area contributed by atoms with Gasteiger partial charge in [-0.2, -0.15) is 18.2 Å². The van der Waals surface area contributed by atoms with Gasteiger partial charge in [0, 0.05) is 29.2 Å². The van der Waals surface area contributed by atoms with Crippen LogP contribution in [0.2, 0.25) is 5.02 Å². The molecule has 2 aromatic heterocycles. The molecule has 16 heteroatoms.